The molecule has 34 heavy (non-hydrogen) atoms. The summed E-state index contributed by atoms with van der Waals surface area (Å²) >= 11 is 1.65. The average molecular weight is 477 g/mol. The molecule has 6 heteroatoms. The number of benzene rings is 2. The van der Waals surface area contributed by atoms with E-state index in [0.29, 0.717) is 6.42 Å². The third-order valence-corrected chi connectivity index (χ3v) is 7.19. The van der Waals surface area contributed by atoms with Crippen LogP contribution in [0.4, 0.5) is 10.5 Å². The molecule has 4 rings (SSSR count). The number of amides is 1. The molecule has 0 aliphatic carbocycles. The molecule has 1 saturated heterocycles. The minimum Gasteiger partial charge on any atom is -0.446 e. The van der Waals surface area contributed by atoms with Crippen molar-refractivity contribution in [2.75, 3.05) is 25.0 Å². The number of nitrogens with one attached hydrogen (secondary N) is 1. The smallest absolute Gasteiger partial charge is 0.411 e. The van der Waals surface area contributed by atoms with Gasteiger partial charge in [-0.25, -0.2) is 4.79 Å². The Morgan fingerprint density at radius 1 is 1.00 bits per heavy atom. The van der Waals surface area contributed by atoms with Gasteiger partial charge < -0.3 is 14.4 Å². The third kappa shape index (κ3) is 7.02. The lowest BCUT2D eigenvalue weighted by Crippen LogP contribution is -2.39. The molecular formula is C28H32N2O3S. The Bertz CT molecular complexity index is 1040. The largest absolute Gasteiger partial charge is 0.446 e. The van der Waals surface area contributed by atoms with Crippen LogP contribution in [0.2, 0.25) is 0 Å². The third-order valence-electron chi connectivity index (χ3n) is 6.29. The fraction of sp³-hybridized carbons (Fsp3) is 0.357. The van der Waals surface area contributed by atoms with Gasteiger partial charge in [-0.2, -0.15) is 0 Å². The minimum atomic E-state index is -0.379. The van der Waals surface area contributed by atoms with Gasteiger partial charge in [0.25, 0.3) is 0 Å². The van der Waals surface area contributed by atoms with E-state index in [1.165, 1.54) is 11.1 Å². The Morgan fingerprint density at radius 3 is 2.44 bits per heavy atom. The Labute approximate surface area is 205 Å². The van der Waals surface area contributed by atoms with Crippen LogP contribution in [0.15, 0.2) is 66.0 Å². The number of carbonyl (C=O) groups is 2. The summed E-state index contributed by atoms with van der Waals surface area (Å²) in [7, 11) is 0. The molecule has 178 valence electrons. The summed E-state index contributed by atoms with van der Waals surface area (Å²) in [6.07, 6.45) is 5.79. The van der Waals surface area contributed by atoms with Gasteiger partial charge in [0, 0.05) is 36.5 Å². The summed E-state index contributed by atoms with van der Waals surface area (Å²) in [6.45, 7) is 2.89. The van der Waals surface area contributed by atoms with E-state index < -0.39 is 0 Å². The van der Waals surface area contributed by atoms with E-state index in [1.54, 1.807) is 11.3 Å². The van der Waals surface area contributed by atoms with Gasteiger partial charge in [-0.1, -0.05) is 48.5 Å². The van der Waals surface area contributed by atoms with E-state index in [1.807, 2.05) is 35.7 Å². The lowest BCUT2D eigenvalue weighted by molar-refractivity contribution is -0.107. The zero-order chi connectivity index (χ0) is 23.6. The maximum absolute atomic E-state index is 12.5. The number of hydrogen-bond donors (Lipinski definition) is 1. The number of rotatable bonds is 10. The summed E-state index contributed by atoms with van der Waals surface area (Å²) in [5.41, 5.74) is 4.42. The van der Waals surface area contributed by atoms with Crippen molar-refractivity contribution in [1.29, 1.82) is 0 Å². The molecule has 0 unspecified atom stereocenters. The van der Waals surface area contributed by atoms with Crippen molar-refractivity contribution in [3.63, 3.8) is 0 Å². The fourth-order valence-electron chi connectivity index (χ4n) is 4.33. The van der Waals surface area contributed by atoms with Crippen LogP contribution in [-0.4, -0.2) is 43.0 Å². The molecule has 0 saturated carbocycles. The molecule has 3 aromatic rings. The number of piperidine rings is 1. The highest BCUT2D eigenvalue weighted by atomic mass is 32.1. The zero-order valence-corrected chi connectivity index (χ0v) is 20.3. The van der Waals surface area contributed by atoms with Gasteiger partial charge >= 0.3 is 6.09 Å². The van der Waals surface area contributed by atoms with E-state index in [9.17, 15) is 9.59 Å². The minimum absolute atomic E-state index is 0.0456. The van der Waals surface area contributed by atoms with Gasteiger partial charge in [0.05, 0.1) is 5.69 Å². The maximum atomic E-state index is 12.5. The second-order valence-corrected chi connectivity index (χ2v) is 9.67. The van der Waals surface area contributed by atoms with Crippen LogP contribution < -0.4 is 5.32 Å². The predicted octanol–water partition coefficient (Wildman–Crippen LogP) is 6.19. The first kappa shape index (κ1) is 24.2. The van der Waals surface area contributed by atoms with Gasteiger partial charge in [-0.15, -0.1) is 11.3 Å². The van der Waals surface area contributed by atoms with Crippen molar-refractivity contribution >= 4 is 29.4 Å². The van der Waals surface area contributed by atoms with Crippen LogP contribution in [0.5, 0.6) is 0 Å². The van der Waals surface area contributed by atoms with E-state index in [-0.39, 0.29) is 12.2 Å². The maximum Gasteiger partial charge on any atom is 0.411 e. The number of aldehydes is 1. The first-order valence-electron chi connectivity index (χ1n) is 12.1. The number of carbonyl (C=O) groups excluding carboxylic acids is 2. The Kier molecular flexibility index (Phi) is 8.88. The van der Waals surface area contributed by atoms with Crippen molar-refractivity contribution < 1.29 is 14.3 Å². The normalized spacial score (nSPS) is 14.6. The molecule has 2 heterocycles. The van der Waals surface area contributed by atoms with E-state index in [4.69, 9.17) is 4.74 Å². The molecule has 1 N–H and O–H groups in total. The summed E-state index contributed by atoms with van der Waals surface area (Å²) in [4.78, 5) is 26.6. The molecular weight excluding hydrogens is 444 g/mol. The molecule has 1 aliphatic rings. The average Bonchev–Trinajstić information content (AvgIpc) is 3.40. The highest BCUT2D eigenvalue weighted by molar-refractivity contribution is 7.13. The molecule has 0 bridgehead atoms. The van der Waals surface area contributed by atoms with E-state index >= 15 is 0 Å². The van der Waals surface area contributed by atoms with Crippen LogP contribution in [0, 0.1) is 0 Å². The molecule has 1 amide bonds. The number of aryl methyl sites for hydroxylation is 1. The lowest BCUT2D eigenvalue weighted by Gasteiger charge is -2.31. The monoisotopic (exact) mass is 476 g/mol. The van der Waals surface area contributed by atoms with Crippen LogP contribution in [0.3, 0.4) is 0 Å². The number of thiophene rings is 1. The highest BCUT2D eigenvalue weighted by Crippen LogP contribution is 2.31. The van der Waals surface area contributed by atoms with Crippen molar-refractivity contribution in [3.8, 4) is 10.4 Å². The Morgan fingerprint density at radius 2 is 1.74 bits per heavy atom. The number of hydrogen-bond acceptors (Lipinski definition) is 5. The SMILES string of the molecule is O=CCCCc1ccc(CCN2CCC(OC(=O)Nc3ccccc3-c3cccs3)CC2)cc1. The first-order chi connectivity index (χ1) is 16.7. The number of para-hydroxylation sites is 1. The van der Waals surface area contributed by atoms with Gasteiger partial charge in [-0.05, 0) is 60.7 Å². The van der Waals surface area contributed by atoms with Crippen LogP contribution in [-0.2, 0) is 22.4 Å². The standard InChI is InChI=1S/C28H32N2O3S/c31-20-4-3-6-22-10-12-23(13-11-22)14-17-30-18-15-24(16-19-30)33-28(32)29-26-8-2-1-7-25(26)27-9-5-21-34-27/h1-2,5,7-13,20-21,24H,3-4,6,14-19H2,(H,29,32). The number of anilines is 1. The fourth-order valence-corrected chi connectivity index (χ4v) is 5.10. The van der Waals surface area contributed by atoms with Crippen molar-refractivity contribution in [2.45, 2.75) is 44.6 Å². The molecule has 1 fully saturated rings. The number of nitrogens with zero attached hydrogens (tertiary/aromatic N) is 1. The number of ether oxygens (including phenoxy) is 1. The van der Waals surface area contributed by atoms with Gasteiger partial charge in [0.15, 0.2) is 0 Å². The molecule has 2 aromatic carbocycles. The van der Waals surface area contributed by atoms with Crippen molar-refractivity contribution in [2.24, 2.45) is 0 Å². The summed E-state index contributed by atoms with van der Waals surface area (Å²) in [5.74, 6) is 0. The molecule has 0 radical (unpaired) electrons. The van der Waals surface area contributed by atoms with Gasteiger partial charge in [-0.3, -0.25) is 5.32 Å². The van der Waals surface area contributed by atoms with Crippen LogP contribution in [0.25, 0.3) is 10.4 Å². The molecule has 1 aromatic heterocycles. The van der Waals surface area contributed by atoms with E-state index in [0.717, 1.165) is 74.2 Å². The van der Waals surface area contributed by atoms with Crippen LogP contribution >= 0.6 is 11.3 Å². The zero-order valence-electron chi connectivity index (χ0n) is 19.4. The number of likely N-dealkylation sites (tertiary alicyclic amines) is 1. The number of unbranched alkanes of at least 4 members (excludes halogenated alkanes) is 1. The Balaban J connectivity index is 1.18. The van der Waals surface area contributed by atoms with Gasteiger partial charge in [0.1, 0.15) is 12.4 Å². The molecule has 0 atom stereocenters. The second kappa shape index (κ2) is 12.5. The van der Waals surface area contributed by atoms with Crippen molar-refractivity contribution in [1.82, 2.24) is 4.90 Å². The first-order valence-corrected chi connectivity index (χ1v) is 12.9. The van der Waals surface area contributed by atoms with Gasteiger partial charge in [0.2, 0.25) is 0 Å². The predicted molar refractivity (Wildman–Crippen MR) is 138 cm³/mol. The molecule has 1 aliphatic heterocycles. The lowest BCUT2D eigenvalue weighted by atomic mass is 10.0. The summed E-state index contributed by atoms with van der Waals surface area (Å²) in [6, 6.07) is 20.6. The topological polar surface area (TPSA) is 58.6 Å². The quantitative estimate of drug-likeness (QED) is 0.280. The van der Waals surface area contributed by atoms with E-state index in [2.05, 4.69) is 40.5 Å². The summed E-state index contributed by atoms with van der Waals surface area (Å²) in [5, 5.41) is 4.97. The Hall–Kier alpha value is -2.96. The van der Waals surface area contributed by atoms with Crippen molar-refractivity contribution in [3.05, 3.63) is 77.2 Å². The summed E-state index contributed by atoms with van der Waals surface area (Å²) < 4.78 is 5.74. The molecule has 0 spiro atoms. The molecule has 5 nitrogen and oxygen atoms in total. The second-order valence-electron chi connectivity index (χ2n) is 8.72. The van der Waals surface area contributed by atoms with Crippen LogP contribution in [0.1, 0.15) is 36.8 Å². The highest BCUT2D eigenvalue weighted by Gasteiger charge is 2.22.